The first-order valence-electron chi connectivity index (χ1n) is 11.1. The molecule has 1 aliphatic rings. The monoisotopic (exact) mass is 448 g/mol. The van der Waals surface area contributed by atoms with Crippen LogP contribution in [0, 0.1) is 0 Å². The number of hydrogen-bond acceptors (Lipinski definition) is 4. The van der Waals surface area contributed by atoms with Crippen LogP contribution in [0.5, 0.6) is 0 Å². The highest BCUT2D eigenvalue weighted by atomic mass is 19.1. The van der Waals surface area contributed by atoms with Crippen LogP contribution in [0.2, 0.25) is 0 Å². The van der Waals surface area contributed by atoms with E-state index in [1.165, 1.54) is 0 Å². The lowest BCUT2D eigenvalue weighted by Crippen LogP contribution is -2.54. The van der Waals surface area contributed by atoms with E-state index in [0.717, 1.165) is 16.7 Å². The van der Waals surface area contributed by atoms with Gasteiger partial charge < -0.3 is 18.9 Å². The lowest BCUT2D eigenvalue weighted by atomic mass is 9.98. The predicted molar refractivity (Wildman–Crippen MR) is 125 cm³/mol. The maximum absolute atomic E-state index is 15.2. The van der Waals surface area contributed by atoms with E-state index >= 15 is 4.39 Å². The molecular weight excluding hydrogens is 419 g/mol. The molecule has 1 fully saturated rings. The Morgan fingerprint density at radius 2 is 1.12 bits per heavy atom. The van der Waals surface area contributed by atoms with Gasteiger partial charge in [-0.3, -0.25) is 0 Å². The standard InChI is InChI=1S/C28H29FO4/c1-21-26(29)28(32-19-24-15-9-4-10-16-24)27(31-18-23-13-7-3-8-14-23)25(33-21)20-30-17-22-11-5-2-6-12-22/h2-16,25-28H,1,17-20H2/t25-,26+,27-,28-/m1/s1. The minimum absolute atomic E-state index is 0.0425. The summed E-state index contributed by atoms with van der Waals surface area (Å²) in [6, 6.07) is 29.3. The summed E-state index contributed by atoms with van der Waals surface area (Å²) >= 11 is 0. The summed E-state index contributed by atoms with van der Waals surface area (Å²) < 4.78 is 39.2. The molecule has 1 heterocycles. The highest BCUT2D eigenvalue weighted by molar-refractivity contribution is 5.16. The highest BCUT2D eigenvalue weighted by Gasteiger charge is 2.45. The van der Waals surface area contributed by atoms with E-state index in [4.69, 9.17) is 18.9 Å². The van der Waals surface area contributed by atoms with Crippen LogP contribution in [-0.2, 0) is 38.8 Å². The fourth-order valence-electron chi connectivity index (χ4n) is 3.80. The molecule has 0 spiro atoms. The van der Waals surface area contributed by atoms with Crippen LogP contribution < -0.4 is 0 Å². The summed E-state index contributed by atoms with van der Waals surface area (Å²) in [6.45, 7) is 5.01. The Morgan fingerprint density at radius 3 is 1.64 bits per heavy atom. The Hall–Kier alpha value is -2.99. The summed E-state index contributed by atoms with van der Waals surface area (Å²) in [7, 11) is 0. The second-order valence-corrected chi connectivity index (χ2v) is 8.05. The third-order valence-corrected chi connectivity index (χ3v) is 5.55. The van der Waals surface area contributed by atoms with Gasteiger partial charge in [-0.2, -0.15) is 0 Å². The van der Waals surface area contributed by atoms with Gasteiger partial charge in [0.15, 0.2) is 12.3 Å². The summed E-state index contributed by atoms with van der Waals surface area (Å²) in [5, 5.41) is 0. The van der Waals surface area contributed by atoms with Crippen molar-refractivity contribution >= 4 is 0 Å². The fraction of sp³-hybridized carbons (Fsp3) is 0.286. The molecule has 4 nitrogen and oxygen atoms in total. The van der Waals surface area contributed by atoms with Gasteiger partial charge in [-0.15, -0.1) is 0 Å². The minimum atomic E-state index is -1.50. The molecule has 1 saturated heterocycles. The molecule has 4 atom stereocenters. The van der Waals surface area contributed by atoms with E-state index in [0.29, 0.717) is 13.2 Å². The Labute approximate surface area is 194 Å². The van der Waals surface area contributed by atoms with Gasteiger partial charge in [-0.1, -0.05) is 97.6 Å². The van der Waals surface area contributed by atoms with Gasteiger partial charge in [0.1, 0.15) is 18.0 Å². The molecule has 0 aromatic heterocycles. The first-order valence-corrected chi connectivity index (χ1v) is 11.1. The molecule has 0 aliphatic carbocycles. The predicted octanol–water partition coefficient (Wildman–Crippen LogP) is 5.62. The van der Waals surface area contributed by atoms with Crippen molar-refractivity contribution in [2.45, 2.75) is 44.3 Å². The van der Waals surface area contributed by atoms with E-state index < -0.39 is 24.5 Å². The van der Waals surface area contributed by atoms with Crippen molar-refractivity contribution in [2.75, 3.05) is 6.61 Å². The quantitative estimate of drug-likeness (QED) is 0.403. The number of benzene rings is 3. The lowest BCUT2D eigenvalue weighted by molar-refractivity contribution is -0.199. The van der Waals surface area contributed by atoms with Gasteiger partial charge in [0.05, 0.1) is 26.4 Å². The average Bonchev–Trinajstić information content (AvgIpc) is 2.86. The van der Waals surface area contributed by atoms with Crippen molar-refractivity contribution in [2.24, 2.45) is 0 Å². The molecule has 1 aliphatic heterocycles. The van der Waals surface area contributed by atoms with Gasteiger partial charge in [0.25, 0.3) is 0 Å². The van der Waals surface area contributed by atoms with Gasteiger partial charge in [-0.05, 0) is 16.7 Å². The number of alkyl halides is 1. The van der Waals surface area contributed by atoms with Gasteiger partial charge in [0.2, 0.25) is 0 Å². The first kappa shape index (κ1) is 23.2. The number of halogens is 1. The third-order valence-electron chi connectivity index (χ3n) is 5.55. The normalized spacial score (nSPS) is 22.6. The molecule has 0 radical (unpaired) electrons. The van der Waals surface area contributed by atoms with E-state index in [-0.39, 0.29) is 19.0 Å². The molecule has 3 aromatic rings. The first-order chi connectivity index (χ1) is 16.2. The zero-order valence-corrected chi connectivity index (χ0v) is 18.5. The molecular formula is C28H29FO4. The van der Waals surface area contributed by atoms with Gasteiger partial charge in [0, 0.05) is 0 Å². The maximum atomic E-state index is 15.2. The molecule has 0 bridgehead atoms. The summed E-state index contributed by atoms with van der Waals surface area (Å²) in [5.74, 6) is 0.0425. The molecule has 0 N–H and O–H groups in total. The smallest absolute Gasteiger partial charge is 0.185 e. The van der Waals surface area contributed by atoms with Crippen LogP contribution in [0.4, 0.5) is 4.39 Å². The van der Waals surface area contributed by atoms with Crippen molar-refractivity contribution in [1.29, 1.82) is 0 Å². The van der Waals surface area contributed by atoms with Crippen LogP contribution in [0.3, 0.4) is 0 Å². The van der Waals surface area contributed by atoms with Gasteiger partial charge in [-0.25, -0.2) is 4.39 Å². The molecule has 0 amide bonds. The topological polar surface area (TPSA) is 36.9 Å². The molecule has 33 heavy (non-hydrogen) atoms. The largest absolute Gasteiger partial charge is 0.487 e. The van der Waals surface area contributed by atoms with Crippen molar-refractivity contribution in [3.63, 3.8) is 0 Å². The van der Waals surface area contributed by atoms with Crippen molar-refractivity contribution in [1.82, 2.24) is 0 Å². The SMILES string of the molecule is C=C1O[C@H](COCc2ccccc2)[C@@H](OCc2ccccc2)[C@H](OCc2ccccc2)[C@H]1F. The molecule has 0 unspecified atom stereocenters. The molecule has 172 valence electrons. The van der Waals surface area contributed by atoms with E-state index in [1.54, 1.807) is 0 Å². The number of rotatable bonds is 10. The summed E-state index contributed by atoms with van der Waals surface area (Å²) in [5.41, 5.74) is 3.00. The van der Waals surface area contributed by atoms with Crippen molar-refractivity contribution in [3.8, 4) is 0 Å². The van der Waals surface area contributed by atoms with E-state index in [1.807, 2.05) is 91.0 Å². The fourth-order valence-corrected chi connectivity index (χ4v) is 3.80. The molecule has 4 rings (SSSR count). The van der Waals surface area contributed by atoms with E-state index in [2.05, 4.69) is 6.58 Å². The summed E-state index contributed by atoms with van der Waals surface area (Å²) in [4.78, 5) is 0. The number of ether oxygens (including phenoxy) is 4. The second kappa shape index (κ2) is 11.8. The Bertz CT molecular complexity index is 981. The summed E-state index contributed by atoms with van der Waals surface area (Å²) in [6.07, 6.45) is -3.57. The average molecular weight is 449 g/mol. The van der Waals surface area contributed by atoms with Crippen molar-refractivity contribution in [3.05, 3.63) is 120 Å². The minimum Gasteiger partial charge on any atom is -0.487 e. The van der Waals surface area contributed by atoms with Crippen LogP contribution in [-0.4, -0.2) is 31.1 Å². The zero-order chi connectivity index (χ0) is 22.9. The van der Waals surface area contributed by atoms with Crippen molar-refractivity contribution < 1.29 is 23.3 Å². The molecule has 3 aromatic carbocycles. The van der Waals surface area contributed by atoms with Crippen LogP contribution in [0.1, 0.15) is 16.7 Å². The van der Waals surface area contributed by atoms with Crippen LogP contribution in [0.15, 0.2) is 103 Å². The Morgan fingerprint density at radius 1 is 0.667 bits per heavy atom. The zero-order valence-electron chi connectivity index (χ0n) is 18.5. The Balaban J connectivity index is 1.46. The maximum Gasteiger partial charge on any atom is 0.185 e. The highest BCUT2D eigenvalue weighted by Crippen LogP contribution is 2.31. The van der Waals surface area contributed by atoms with Crippen LogP contribution >= 0.6 is 0 Å². The lowest BCUT2D eigenvalue weighted by Gasteiger charge is -2.40. The third kappa shape index (κ3) is 6.51. The molecule has 0 saturated carbocycles. The Kier molecular flexibility index (Phi) is 8.25. The van der Waals surface area contributed by atoms with Gasteiger partial charge >= 0.3 is 0 Å². The molecule has 5 heteroatoms. The number of hydrogen-bond donors (Lipinski definition) is 0. The van der Waals surface area contributed by atoms with Crippen LogP contribution in [0.25, 0.3) is 0 Å². The van der Waals surface area contributed by atoms with E-state index in [9.17, 15) is 0 Å². The second-order valence-electron chi connectivity index (χ2n) is 8.05.